The molecule has 4 nitrogen and oxygen atoms in total. The maximum Gasteiger partial charge on any atom is 0.244 e. The Labute approximate surface area is 129 Å². The van der Waals surface area contributed by atoms with E-state index in [1.165, 1.54) is 11.6 Å². The molecule has 4 heteroatoms. The topological polar surface area (TPSA) is 47.6 Å². The van der Waals surface area contributed by atoms with E-state index in [-0.39, 0.29) is 12.7 Å². The van der Waals surface area contributed by atoms with Crippen molar-refractivity contribution in [3.05, 3.63) is 65.2 Å². The lowest BCUT2D eigenvalue weighted by atomic mass is 10.1. The molecule has 112 valence electrons. The second-order valence-corrected chi connectivity index (χ2v) is 5.09. The number of hydrogen-bond donors (Lipinski definition) is 1. The summed E-state index contributed by atoms with van der Waals surface area (Å²) in [6.45, 7) is 2.81. The summed E-state index contributed by atoms with van der Waals surface area (Å²) >= 11 is 0. The number of aryl methyl sites for hydroxylation is 1. The molecule has 1 aliphatic rings. The van der Waals surface area contributed by atoms with Crippen molar-refractivity contribution in [3.8, 4) is 11.5 Å². The molecule has 1 heterocycles. The van der Waals surface area contributed by atoms with Gasteiger partial charge in [0.25, 0.3) is 0 Å². The van der Waals surface area contributed by atoms with E-state index in [0.29, 0.717) is 12.3 Å². The van der Waals surface area contributed by atoms with Gasteiger partial charge in [0.1, 0.15) is 0 Å². The van der Waals surface area contributed by atoms with Crippen LogP contribution in [-0.4, -0.2) is 12.7 Å². The molecule has 1 amide bonds. The molecule has 0 saturated carbocycles. The predicted molar refractivity (Wildman–Crippen MR) is 84.6 cm³/mol. The second kappa shape index (κ2) is 6.35. The highest BCUT2D eigenvalue weighted by Crippen LogP contribution is 2.32. The van der Waals surface area contributed by atoms with Gasteiger partial charge < -0.3 is 14.8 Å². The Morgan fingerprint density at radius 1 is 1.18 bits per heavy atom. The second-order valence-electron chi connectivity index (χ2n) is 5.09. The van der Waals surface area contributed by atoms with Crippen LogP contribution in [0.15, 0.2) is 48.5 Å². The number of rotatable bonds is 4. The molecule has 0 fully saturated rings. The molecule has 0 aromatic heterocycles. The molecule has 0 atom stereocenters. The average Bonchev–Trinajstić information content (AvgIpc) is 2.99. The summed E-state index contributed by atoms with van der Waals surface area (Å²) in [7, 11) is 0. The molecule has 0 aliphatic carbocycles. The van der Waals surface area contributed by atoms with E-state index >= 15 is 0 Å². The van der Waals surface area contributed by atoms with Gasteiger partial charge in [0.05, 0.1) is 0 Å². The van der Waals surface area contributed by atoms with Crippen molar-refractivity contribution in [2.75, 3.05) is 6.79 Å². The Morgan fingerprint density at radius 3 is 2.86 bits per heavy atom. The number of carbonyl (C=O) groups is 1. The summed E-state index contributed by atoms with van der Waals surface area (Å²) in [5.41, 5.74) is 3.19. The largest absolute Gasteiger partial charge is 0.454 e. The first-order chi connectivity index (χ1) is 10.7. The summed E-state index contributed by atoms with van der Waals surface area (Å²) < 4.78 is 10.6. The molecule has 1 aliphatic heterocycles. The summed E-state index contributed by atoms with van der Waals surface area (Å²) in [5.74, 6) is 1.32. The highest BCUT2D eigenvalue weighted by molar-refractivity contribution is 5.91. The molecule has 1 N–H and O–H groups in total. The van der Waals surface area contributed by atoms with Gasteiger partial charge in [-0.1, -0.05) is 30.3 Å². The third-order valence-corrected chi connectivity index (χ3v) is 3.54. The number of hydrogen-bond acceptors (Lipinski definition) is 3. The molecule has 0 spiro atoms. The van der Waals surface area contributed by atoms with Gasteiger partial charge in [0, 0.05) is 12.6 Å². The minimum absolute atomic E-state index is 0.124. The van der Waals surface area contributed by atoms with Crippen LogP contribution < -0.4 is 14.8 Å². The van der Waals surface area contributed by atoms with E-state index < -0.39 is 0 Å². The van der Waals surface area contributed by atoms with Crippen LogP contribution in [0.5, 0.6) is 11.5 Å². The van der Waals surface area contributed by atoms with Gasteiger partial charge in [-0.05, 0) is 41.8 Å². The first-order valence-corrected chi connectivity index (χ1v) is 7.12. The van der Waals surface area contributed by atoms with Crippen molar-refractivity contribution >= 4 is 12.0 Å². The molecule has 0 saturated heterocycles. The zero-order valence-corrected chi connectivity index (χ0v) is 12.3. The Kier molecular flexibility index (Phi) is 4.10. The fourth-order valence-corrected chi connectivity index (χ4v) is 2.24. The van der Waals surface area contributed by atoms with Crippen LogP contribution in [0.25, 0.3) is 6.08 Å². The maximum atomic E-state index is 11.9. The van der Waals surface area contributed by atoms with Crippen LogP contribution >= 0.6 is 0 Å². The normalized spacial score (nSPS) is 12.6. The van der Waals surface area contributed by atoms with Crippen LogP contribution in [0.3, 0.4) is 0 Å². The third kappa shape index (κ3) is 3.28. The van der Waals surface area contributed by atoms with Crippen molar-refractivity contribution in [3.63, 3.8) is 0 Å². The molecule has 3 rings (SSSR count). The van der Waals surface area contributed by atoms with Gasteiger partial charge in [-0.15, -0.1) is 0 Å². The van der Waals surface area contributed by atoms with Gasteiger partial charge >= 0.3 is 0 Å². The molecular weight excluding hydrogens is 278 g/mol. The van der Waals surface area contributed by atoms with Crippen molar-refractivity contribution in [1.29, 1.82) is 0 Å². The predicted octanol–water partition coefficient (Wildman–Crippen LogP) is 3.05. The molecule has 0 bridgehead atoms. The number of fused-ring (bicyclic) bond motifs is 1. The molecule has 2 aromatic rings. The van der Waals surface area contributed by atoms with E-state index in [9.17, 15) is 4.79 Å². The van der Waals surface area contributed by atoms with Crippen molar-refractivity contribution in [2.45, 2.75) is 13.5 Å². The minimum Gasteiger partial charge on any atom is -0.454 e. The molecule has 2 aromatic carbocycles. The number of carbonyl (C=O) groups excluding carboxylic acids is 1. The maximum absolute atomic E-state index is 11.9. The zero-order chi connectivity index (χ0) is 15.4. The lowest BCUT2D eigenvalue weighted by Gasteiger charge is -2.05. The van der Waals surface area contributed by atoms with Crippen molar-refractivity contribution < 1.29 is 14.3 Å². The number of nitrogens with one attached hydrogen (secondary N) is 1. The SMILES string of the molecule is Cc1ccccc1CNC(=O)/C=C/c1ccc2c(c1)OCO2. The summed E-state index contributed by atoms with van der Waals surface area (Å²) in [6, 6.07) is 13.6. The quantitative estimate of drug-likeness (QED) is 0.882. The van der Waals surface area contributed by atoms with Crippen LogP contribution in [0, 0.1) is 6.92 Å². The zero-order valence-electron chi connectivity index (χ0n) is 12.3. The number of amides is 1. The first kappa shape index (κ1) is 14.2. The van der Waals surface area contributed by atoms with Crippen molar-refractivity contribution in [2.24, 2.45) is 0 Å². The highest BCUT2D eigenvalue weighted by atomic mass is 16.7. The van der Waals surface area contributed by atoms with Gasteiger partial charge in [-0.25, -0.2) is 0 Å². The van der Waals surface area contributed by atoms with Gasteiger partial charge in [0.2, 0.25) is 12.7 Å². The van der Waals surface area contributed by atoms with Crippen molar-refractivity contribution in [1.82, 2.24) is 5.32 Å². The van der Waals surface area contributed by atoms with E-state index in [0.717, 1.165) is 16.9 Å². The summed E-state index contributed by atoms with van der Waals surface area (Å²) in [4.78, 5) is 11.9. The Balaban J connectivity index is 1.58. The lowest BCUT2D eigenvalue weighted by Crippen LogP contribution is -2.20. The Morgan fingerprint density at radius 2 is 2.00 bits per heavy atom. The van der Waals surface area contributed by atoms with E-state index in [4.69, 9.17) is 9.47 Å². The average molecular weight is 295 g/mol. The number of ether oxygens (including phenoxy) is 2. The summed E-state index contributed by atoms with van der Waals surface area (Å²) in [5, 5.41) is 2.88. The first-order valence-electron chi connectivity index (χ1n) is 7.12. The fraction of sp³-hybridized carbons (Fsp3) is 0.167. The Hall–Kier alpha value is -2.75. The van der Waals surface area contributed by atoms with Gasteiger partial charge in [-0.3, -0.25) is 4.79 Å². The molecule has 0 unspecified atom stereocenters. The third-order valence-electron chi connectivity index (χ3n) is 3.54. The summed E-state index contributed by atoms with van der Waals surface area (Å²) in [6.07, 6.45) is 3.28. The monoisotopic (exact) mass is 295 g/mol. The minimum atomic E-state index is -0.124. The van der Waals surface area contributed by atoms with Gasteiger partial charge in [-0.2, -0.15) is 0 Å². The van der Waals surface area contributed by atoms with Crippen LogP contribution in [-0.2, 0) is 11.3 Å². The van der Waals surface area contributed by atoms with Crippen LogP contribution in [0.1, 0.15) is 16.7 Å². The van der Waals surface area contributed by atoms with Crippen LogP contribution in [0.4, 0.5) is 0 Å². The standard InChI is InChI=1S/C18H17NO3/c1-13-4-2-3-5-15(13)11-19-18(20)9-7-14-6-8-16-17(10-14)22-12-21-16/h2-10H,11-12H2,1H3,(H,19,20)/b9-7+. The highest BCUT2D eigenvalue weighted by Gasteiger charge is 2.12. The molecular formula is C18H17NO3. The smallest absolute Gasteiger partial charge is 0.244 e. The van der Waals surface area contributed by atoms with Gasteiger partial charge in [0.15, 0.2) is 11.5 Å². The van der Waals surface area contributed by atoms with Crippen LogP contribution in [0.2, 0.25) is 0 Å². The Bertz CT molecular complexity index is 722. The molecule has 0 radical (unpaired) electrons. The van der Waals surface area contributed by atoms with E-state index in [1.807, 2.05) is 49.4 Å². The fourth-order valence-electron chi connectivity index (χ4n) is 2.24. The van der Waals surface area contributed by atoms with E-state index in [1.54, 1.807) is 6.08 Å². The number of benzene rings is 2. The lowest BCUT2D eigenvalue weighted by molar-refractivity contribution is -0.116. The van der Waals surface area contributed by atoms with E-state index in [2.05, 4.69) is 5.32 Å². The molecule has 22 heavy (non-hydrogen) atoms.